The number of hydrogen-bond acceptors (Lipinski definition) is 4. The van der Waals surface area contributed by atoms with Crippen LogP contribution in [0, 0.1) is 16.7 Å². The molecule has 5 heteroatoms. The highest BCUT2D eigenvalue weighted by Crippen LogP contribution is 2.21. The van der Waals surface area contributed by atoms with Crippen LogP contribution in [0.3, 0.4) is 0 Å². The first kappa shape index (κ1) is 17.8. The molecule has 1 saturated heterocycles. The van der Waals surface area contributed by atoms with Crippen LogP contribution in [0.4, 0.5) is 4.79 Å². The van der Waals surface area contributed by atoms with Crippen LogP contribution in [-0.4, -0.2) is 43.3 Å². The zero-order valence-corrected chi connectivity index (χ0v) is 13.7. The van der Waals surface area contributed by atoms with Crippen molar-refractivity contribution in [2.75, 3.05) is 26.2 Å². The minimum Gasteiger partial charge on any atom is -0.450 e. The Morgan fingerprint density at radius 1 is 1.38 bits per heavy atom. The second-order valence-corrected chi connectivity index (χ2v) is 6.37. The molecule has 0 aliphatic carbocycles. The van der Waals surface area contributed by atoms with E-state index in [1.54, 1.807) is 4.90 Å². The minimum atomic E-state index is -0.203. The fourth-order valence-electron chi connectivity index (χ4n) is 2.53. The van der Waals surface area contributed by atoms with Crippen LogP contribution in [-0.2, 0) is 4.74 Å². The van der Waals surface area contributed by atoms with Crippen molar-refractivity contribution >= 4 is 6.09 Å². The summed E-state index contributed by atoms with van der Waals surface area (Å²) < 4.78 is 5.01. The number of nitrogens with zero attached hydrogens (tertiary/aromatic N) is 2. The summed E-state index contributed by atoms with van der Waals surface area (Å²) in [6.07, 6.45) is 4.92. The molecule has 0 spiro atoms. The third kappa shape index (κ3) is 6.81. The summed E-state index contributed by atoms with van der Waals surface area (Å²) in [7, 11) is 0. The highest BCUT2D eigenvalue weighted by atomic mass is 16.6. The summed E-state index contributed by atoms with van der Waals surface area (Å²) in [5.41, 5.74) is -0.203. The SMILES string of the molecule is CCOC(=O)N1CCC(NCCCCC(C)(C)C#N)CC1. The van der Waals surface area contributed by atoms with Gasteiger partial charge in [-0.1, -0.05) is 6.42 Å². The molecule has 21 heavy (non-hydrogen) atoms. The van der Waals surface area contributed by atoms with E-state index in [0.717, 1.165) is 51.7 Å². The average Bonchev–Trinajstić information content (AvgIpc) is 2.47. The summed E-state index contributed by atoms with van der Waals surface area (Å²) in [4.78, 5) is 13.4. The monoisotopic (exact) mass is 295 g/mol. The van der Waals surface area contributed by atoms with E-state index in [1.807, 2.05) is 20.8 Å². The Bertz CT molecular complexity index is 355. The van der Waals surface area contributed by atoms with Gasteiger partial charge in [0.15, 0.2) is 0 Å². The zero-order chi connectivity index (χ0) is 15.7. The number of rotatable bonds is 7. The lowest BCUT2D eigenvalue weighted by Crippen LogP contribution is -2.45. The fraction of sp³-hybridized carbons (Fsp3) is 0.875. The molecule has 0 unspecified atom stereocenters. The molecular formula is C16H29N3O2. The molecule has 120 valence electrons. The molecule has 1 aliphatic heterocycles. The molecule has 0 aromatic carbocycles. The van der Waals surface area contributed by atoms with Crippen molar-refractivity contribution in [3.8, 4) is 6.07 Å². The first-order chi connectivity index (χ1) is 9.98. The lowest BCUT2D eigenvalue weighted by atomic mass is 9.89. The number of nitrogens with one attached hydrogen (secondary N) is 1. The lowest BCUT2D eigenvalue weighted by Gasteiger charge is -2.31. The number of carbonyl (C=O) groups excluding carboxylic acids is 1. The van der Waals surface area contributed by atoms with E-state index < -0.39 is 0 Å². The molecule has 1 fully saturated rings. The third-order valence-electron chi connectivity index (χ3n) is 3.99. The second kappa shape index (κ2) is 8.89. The molecule has 1 aliphatic rings. The summed E-state index contributed by atoms with van der Waals surface area (Å²) in [6.45, 7) is 8.80. The quantitative estimate of drug-likeness (QED) is 0.733. The van der Waals surface area contributed by atoms with Gasteiger partial charge in [0.25, 0.3) is 0 Å². The van der Waals surface area contributed by atoms with Crippen LogP contribution in [0.25, 0.3) is 0 Å². The van der Waals surface area contributed by atoms with Gasteiger partial charge in [0.2, 0.25) is 0 Å². The Labute approximate surface area is 128 Å². The van der Waals surface area contributed by atoms with Crippen molar-refractivity contribution in [1.29, 1.82) is 5.26 Å². The van der Waals surface area contributed by atoms with Crippen molar-refractivity contribution in [2.45, 2.75) is 58.9 Å². The van der Waals surface area contributed by atoms with E-state index in [1.165, 1.54) is 0 Å². The number of unbranched alkanes of at least 4 members (excludes halogenated alkanes) is 1. The standard InChI is InChI=1S/C16H29N3O2/c1-4-21-15(20)19-11-7-14(8-12-19)18-10-6-5-9-16(2,3)13-17/h14,18H,4-12H2,1-3H3. The number of likely N-dealkylation sites (tertiary alicyclic amines) is 1. The van der Waals surface area contributed by atoms with E-state index in [0.29, 0.717) is 12.6 Å². The summed E-state index contributed by atoms with van der Waals surface area (Å²) in [6, 6.07) is 2.84. The molecule has 0 saturated carbocycles. The van der Waals surface area contributed by atoms with Crippen molar-refractivity contribution < 1.29 is 9.53 Å². The van der Waals surface area contributed by atoms with E-state index in [9.17, 15) is 4.79 Å². The van der Waals surface area contributed by atoms with E-state index in [-0.39, 0.29) is 11.5 Å². The molecule has 0 atom stereocenters. The molecule has 0 aromatic rings. The normalized spacial score (nSPS) is 16.6. The maximum atomic E-state index is 11.6. The molecule has 5 nitrogen and oxygen atoms in total. The molecule has 1 amide bonds. The maximum absolute atomic E-state index is 11.6. The number of carbonyl (C=O) groups is 1. The topological polar surface area (TPSA) is 65.4 Å². The Morgan fingerprint density at radius 3 is 2.62 bits per heavy atom. The van der Waals surface area contributed by atoms with Gasteiger partial charge in [0, 0.05) is 19.1 Å². The fourth-order valence-corrected chi connectivity index (χ4v) is 2.53. The highest BCUT2D eigenvalue weighted by molar-refractivity contribution is 5.67. The average molecular weight is 295 g/mol. The zero-order valence-electron chi connectivity index (χ0n) is 13.7. The smallest absolute Gasteiger partial charge is 0.409 e. The molecule has 0 bridgehead atoms. The Morgan fingerprint density at radius 2 is 2.05 bits per heavy atom. The maximum Gasteiger partial charge on any atom is 0.409 e. The van der Waals surface area contributed by atoms with Gasteiger partial charge in [0.05, 0.1) is 18.1 Å². The van der Waals surface area contributed by atoms with Crippen molar-refractivity contribution in [3.63, 3.8) is 0 Å². The number of hydrogen-bond donors (Lipinski definition) is 1. The molecule has 0 radical (unpaired) electrons. The van der Waals surface area contributed by atoms with E-state index in [4.69, 9.17) is 10.00 Å². The van der Waals surface area contributed by atoms with Crippen LogP contribution >= 0.6 is 0 Å². The van der Waals surface area contributed by atoms with Crippen LogP contribution < -0.4 is 5.32 Å². The summed E-state index contributed by atoms with van der Waals surface area (Å²) in [5, 5.41) is 12.5. The molecular weight excluding hydrogens is 266 g/mol. The molecule has 1 N–H and O–H groups in total. The van der Waals surface area contributed by atoms with E-state index in [2.05, 4.69) is 11.4 Å². The first-order valence-corrected chi connectivity index (χ1v) is 8.05. The predicted octanol–water partition coefficient (Wildman–Crippen LogP) is 2.92. The Balaban J connectivity index is 2.09. The van der Waals surface area contributed by atoms with Crippen LogP contribution in [0.5, 0.6) is 0 Å². The number of amides is 1. The second-order valence-electron chi connectivity index (χ2n) is 6.37. The Kier molecular flexibility index (Phi) is 7.52. The van der Waals surface area contributed by atoms with Gasteiger partial charge in [-0.2, -0.15) is 5.26 Å². The van der Waals surface area contributed by atoms with Crippen molar-refractivity contribution in [3.05, 3.63) is 0 Å². The largest absolute Gasteiger partial charge is 0.450 e. The first-order valence-electron chi connectivity index (χ1n) is 8.05. The molecule has 1 heterocycles. The van der Waals surface area contributed by atoms with Gasteiger partial charge in [-0.15, -0.1) is 0 Å². The number of piperidine rings is 1. The van der Waals surface area contributed by atoms with Crippen LogP contribution in [0.15, 0.2) is 0 Å². The lowest BCUT2D eigenvalue weighted by molar-refractivity contribution is 0.0951. The van der Waals surface area contributed by atoms with Gasteiger partial charge < -0.3 is 15.0 Å². The van der Waals surface area contributed by atoms with Crippen LogP contribution in [0.2, 0.25) is 0 Å². The molecule has 1 rings (SSSR count). The van der Waals surface area contributed by atoms with Gasteiger partial charge in [-0.3, -0.25) is 0 Å². The summed E-state index contributed by atoms with van der Waals surface area (Å²) in [5.74, 6) is 0. The van der Waals surface area contributed by atoms with Crippen molar-refractivity contribution in [2.24, 2.45) is 5.41 Å². The summed E-state index contributed by atoms with van der Waals surface area (Å²) >= 11 is 0. The number of ether oxygens (including phenoxy) is 1. The van der Waals surface area contributed by atoms with Gasteiger partial charge >= 0.3 is 6.09 Å². The highest BCUT2D eigenvalue weighted by Gasteiger charge is 2.23. The van der Waals surface area contributed by atoms with Gasteiger partial charge in [-0.25, -0.2) is 4.79 Å². The van der Waals surface area contributed by atoms with Gasteiger partial charge in [-0.05, 0) is 53.0 Å². The van der Waals surface area contributed by atoms with Crippen molar-refractivity contribution in [1.82, 2.24) is 10.2 Å². The van der Waals surface area contributed by atoms with Gasteiger partial charge in [0.1, 0.15) is 0 Å². The Hall–Kier alpha value is -1.28. The minimum absolute atomic E-state index is 0.185. The molecule has 0 aromatic heterocycles. The van der Waals surface area contributed by atoms with Crippen LogP contribution in [0.1, 0.15) is 52.9 Å². The third-order valence-corrected chi connectivity index (χ3v) is 3.99. The predicted molar refractivity (Wildman–Crippen MR) is 82.9 cm³/mol. The van der Waals surface area contributed by atoms with E-state index >= 15 is 0 Å². The number of nitriles is 1.